The fourth-order valence-electron chi connectivity index (χ4n) is 3.50. The van der Waals surface area contributed by atoms with Gasteiger partial charge in [0.15, 0.2) is 5.79 Å². The molecular formula is C27H44O5Si. The highest BCUT2D eigenvalue weighted by Gasteiger charge is 2.20. The van der Waals surface area contributed by atoms with Crippen LogP contribution in [0.15, 0.2) is 30.4 Å². The number of benzene rings is 1. The van der Waals surface area contributed by atoms with Gasteiger partial charge in [-0.3, -0.25) is 0 Å². The molecule has 5 nitrogen and oxygen atoms in total. The third-order valence-electron chi connectivity index (χ3n) is 5.07. The van der Waals surface area contributed by atoms with Gasteiger partial charge in [0.05, 0.1) is 18.3 Å². The standard InChI is InChI=1S/C27H44O5Si/c1-21-19-22(2)25(26(29)31-17-18-33(5,6)7)23(20-21)13-10-11-15-24(32-27(3,4)30)14-9-8-12-16-28/h8-10,13,19-20,24,28,30H,11-12,14-18H2,1-7H3/b9-8-,13-10+/t24-/m1/s1. The van der Waals surface area contributed by atoms with Crippen molar-refractivity contribution in [3.8, 4) is 0 Å². The van der Waals surface area contributed by atoms with E-state index in [9.17, 15) is 9.90 Å². The summed E-state index contributed by atoms with van der Waals surface area (Å²) in [6, 6.07) is 4.98. The second-order valence-electron chi connectivity index (χ2n) is 10.4. The van der Waals surface area contributed by atoms with Crippen molar-refractivity contribution >= 4 is 20.1 Å². The van der Waals surface area contributed by atoms with Gasteiger partial charge in [0.2, 0.25) is 0 Å². The summed E-state index contributed by atoms with van der Waals surface area (Å²) in [7, 11) is -1.27. The lowest BCUT2D eigenvalue weighted by Crippen LogP contribution is -2.29. The van der Waals surface area contributed by atoms with E-state index >= 15 is 0 Å². The molecule has 0 aliphatic carbocycles. The molecule has 0 radical (unpaired) electrons. The summed E-state index contributed by atoms with van der Waals surface area (Å²) in [4.78, 5) is 12.8. The van der Waals surface area contributed by atoms with Gasteiger partial charge in [0.25, 0.3) is 0 Å². The largest absolute Gasteiger partial charge is 0.462 e. The lowest BCUT2D eigenvalue weighted by molar-refractivity contribution is -0.205. The summed E-state index contributed by atoms with van der Waals surface area (Å²) in [6.07, 6.45) is 10.5. The van der Waals surface area contributed by atoms with Gasteiger partial charge in [0.1, 0.15) is 0 Å². The Kier molecular flexibility index (Phi) is 12.3. The molecule has 6 heteroatoms. The highest BCUT2D eigenvalue weighted by molar-refractivity contribution is 6.76. The molecule has 0 saturated carbocycles. The second kappa shape index (κ2) is 13.8. The monoisotopic (exact) mass is 476 g/mol. The van der Waals surface area contributed by atoms with Crippen molar-refractivity contribution < 1.29 is 24.5 Å². The SMILES string of the molecule is Cc1cc(C)c(C(=O)OCC[Si](C)(C)C)c(/C=C/CC[C@@H](C/C=C\CCO)OC(C)(C)O)c1. The number of hydrogen-bond donors (Lipinski definition) is 2. The minimum absolute atomic E-state index is 0.120. The normalized spacial score (nSPS) is 13.7. The van der Waals surface area contributed by atoms with E-state index in [1.165, 1.54) is 0 Å². The predicted octanol–water partition coefficient (Wildman–Crippen LogP) is 6.03. The van der Waals surface area contributed by atoms with Crippen LogP contribution in [-0.4, -0.2) is 49.4 Å². The van der Waals surface area contributed by atoms with Crippen LogP contribution in [0, 0.1) is 13.8 Å². The van der Waals surface area contributed by atoms with Gasteiger partial charge in [-0.2, -0.15) is 0 Å². The van der Waals surface area contributed by atoms with E-state index in [0.29, 0.717) is 25.0 Å². The van der Waals surface area contributed by atoms with Crippen molar-refractivity contribution in [2.75, 3.05) is 13.2 Å². The number of allylic oxidation sites excluding steroid dienone is 1. The zero-order valence-corrected chi connectivity index (χ0v) is 22.6. The smallest absolute Gasteiger partial charge is 0.338 e. The van der Waals surface area contributed by atoms with Gasteiger partial charge in [-0.15, -0.1) is 0 Å². The van der Waals surface area contributed by atoms with E-state index in [0.717, 1.165) is 35.6 Å². The molecule has 186 valence electrons. The van der Waals surface area contributed by atoms with E-state index in [1.807, 2.05) is 50.3 Å². The van der Waals surface area contributed by atoms with Gasteiger partial charge < -0.3 is 19.7 Å². The average molecular weight is 477 g/mol. The molecule has 2 N–H and O–H groups in total. The summed E-state index contributed by atoms with van der Waals surface area (Å²) >= 11 is 0. The van der Waals surface area contributed by atoms with E-state index in [4.69, 9.17) is 14.6 Å². The number of aliphatic hydroxyl groups is 2. The first-order chi connectivity index (χ1) is 15.3. The Morgan fingerprint density at radius 3 is 2.42 bits per heavy atom. The molecule has 0 spiro atoms. The molecule has 0 unspecified atom stereocenters. The number of aliphatic hydroxyl groups excluding tert-OH is 1. The first-order valence-electron chi connectivity index (χ1n) is 11.9. The Morgan fingerprint density at radius 1 is 1.12 bits per heavy atom. The Balaban J connectivity index is 2.87. The zero-order valence-electron chi connectivity index (χ0n) is 21.6. The molecule has 0 saturated heterocycles. The molecule has 1 aromatic rings. The number of rotatable bonds is 14. The fourth-order valence-corrected chi connectivity index (χ4v) is 4.21. The molecule has 1 aromatic carbocycles. The number of aryl methyl sites for hydroxylation is 2. The number of carbonyl (C=O) groups is 1. The lowest BCUT2D eigenvalue weighted by atomic mass is 9.98. The fraction of sp³-hybridized carbons (Fsp3) is 0.593. The van der Waals surface area contributed by atoms with Crippen LogP contribution in [0.25, 0.3) is 6.08 Å². The number of carbonyl (C=O) groups excluding carboxylic acids is 1. The van der Waals surface area contributed by atoms with Crippen LogP contribution in [0.2, 0.25) is 25.7 Å². The summed E-state index contributed by atoms with van der Waals surface area (Å²) in [5.74, 6) is -1.47. The topological polar surface area (TPSA) is 76.0 Å². The quantitative estimate of drug-likeness (QED) is 0.148. The third kappa shape index (κ3) is 12.9. The summed E-state index contributed by atoms with van der Waals surface area (Å²) in [5, 5.41) is 19.0. The van der Waals surface area contributed by atoms with Crippen LogP contribution in [0.5, 0.6) is 0 Å². The molecule has 0 aliphatic rings. The van der Waals surface area contributed by atoms with Crippen LogP contribution < -0.4 is 0 Å². The maximum absolute atomic E-state index is 12.8. The Hall–Kier alpha value is -1.73. The molecule has 0 aromatic heterocycles. The minimum atomic E-state index is -1.27. The van der Waals surface area contributed by atoms with Gasteiger partial charge in [-0.1, -0.05) is 61.6 Å². The van der Waals surface area contributed by atoms with E-state index < -0.39 is 13.9 Å². The molecule has 0 aliphatic heterocycles. The van der Waals surface area contributed by atoms with Crippen molar-refractivity contribution in [2.45, 2.75) is 91.0 Å². The molecule has 0 heterocycles. The Labute approximate surface area is 201 Å². The molecule has 33 heavy (non-hydrogen) atoms. The van der Waals surface area contributed by atoms with E-state index in [-0.39, 0.29) is 18.7 Å². The number of ether oxygens (including phenoxy) is 2. The zero-order chi connectivity index (χ0) is 25.1. The van der Waals surface area contributed by atoms with Crippen molar-refractivity contribution in [1.29, 1.82) is 0 Å². The summed E-state index contributed by atoms with van der Waals surface area (Å²) in [5.41, 5.74) is 3.52. The summed E-state index contributed by atoms with van der Waals surface area (Å²) < 4.78 is 11.4. The van der Waals surface area contributed by atoms with Gasteiger partial charge in [-0.25, -0.2) is 4.79 Å². The number of hydrogen-bond acceptors (Lipinski definition) is 5. The van der Waals surface area contributed by atoms with E-state index in [1.54, 1.807) is 13.8 Å². The molecule has 1 atom stereocenters. The van der Waals surface area contributed by atoms with Crippen molar-refractivity contribution in [2.24, 2.45) is 0 Å². The van der Waals surface area contributed by atoms with Crippen LogP contribution in [-0.2, 0) is 9.47 Å². The first-order valence-corrected chi connectivity index (χ1v) is 15.6. The first kappa shape index (κ1) is 29.3. The highest BCUT2D eigenvalue weighted by atomic mass is 28.3. The van der Waals surface area contributed by atoms with Crippen LogP contribution in [0.3, 0.4) is 0 Å². The van der Waals surface area contributed by atoms with Crippen molar-refractivity contribution in [3.05, 3.63) is 52.6 Å². The highest BCUT2D eigenvalue weighted by Crippen LogP contribution is 2.22. The number of esters is 1. The van der Waals surface area contributed by atoms with Crippen LogP contribution in [0.1, 0.15) is 66.6 Å². The van der Waals surface area contributed by atoms with Gasteiger partial charge in [-0.05, 0) is 70.5 Å². The molecule has 0 amide bonds. The van der Waals surface area contributed by atoms with Crippen molar-refractivity contribution in [3.63, 3.8) is 0 Å². The lowest BCUT2D eigenvalue weighted by Gasteiger charge is -2.25. The van der Waals surface area contributed by atoms with Crippen LogP contribution >= 0.6 is 0 Å². The van der Waals surface area contributed by atoms with Gasteiger partial charge in [0, 0.05) is 14.7 Å². The summed E-state index contributed by atoms with van der Waals surface area (Å²) in [6.45, 7) is 14.6. The molecule has 0 bridgehead atoms. The predicted molar refractivity (Wildman–Crippen MR) is 139 cm³/mol. The Bertz CT molecular complexity index is 800. The Morgan fingerprint density at radius 2 is 1.82 bits per heavy atom. The second-order valence-corrected chi connectivity index (χ2v) is 16.0. The average Bonchev–Trinajstić information content (AvgIpc) is 2.65. The van der Waals surface area contributed by atoms with Crippen molar-refractivity contribution in [1.82, 2.24) is 0 Å². The molecular weight excluding hydrogens is 432 g/mol. The molecule has 1 rings (SSSR count). The third-order valence-corrected chi connectivity index (χ3v) is 6.77. The molecule has 0 fully saturated rings. The van der Waals surface area contributed by atoms with E-state index in [2.05, 4.69) is 19.6 Å². The minimum Gasteiger partial charge on any atom is -0.462 e. The van der Waals surface area contributed by atoms with Gasteiger partial charge >= 0.3 is 5.97 Å². The maximum atomic E-state index is 12.8. The maximum Gasteiger partial charge on any atom is 0.338 e. The van der Waals surface area contributed by atoms with Crippen LogP contribution in [0.4, 0.5) is 0 Å².